The zero-order valence-electron chi connectivity index (χ0n) is 10.8. The summed E-state index contributed by atoms with van der Waals surface area (Å²) in [6.07, 6.45) is 7.93. The Hall–Kier alpha value is -0.820. The maximum absolute atomic E-state index is 4.07. The van der Waals surface area contributed by atoms with Crippen molar-refractivity contribution in [3.8, 4) is 0 Å². The molecular formula is C15H25N. The Bertz CT molecular complexity index is 267. The van der Waals surface area contributed by atoms with Crippen LogP contribution < -0.4 is 0 Å². The number of hydrogen-bond donors (Lipinski definition) is 0. The SMILES string of the molecule is C=C(C)/C=C\C(=C)CCN1CCC(C)CC1. The van der Waals surface area contributed by atoms with Crippen LogP contribution in [0, 0.1) is 5.92 Å². The standard InChI is InChI=1S/C15H25N/c1-13(2)5-6-14(3)7-10-16-11-8-15(4)9-12-16/h5-6,15H,1,3,7-12H2,2,4H3/b6-5-. The number of allylic oxidation sites excluding steroid dienone is 3. The first-order valence-electron chi connectivity index (χ1n) is 6.31. The van der Waals surface area contributed by atoms with Crippen molar-refractivity contribution in [2.75, 3.05) is 19.6 Å². The topological polar surface area (TPSA) is 3.24 Å². The van der Waals surface area contributed by atoms with Crippen LogP contribution in [0.1, 0.15) is 33.1 Å². The van der Waals surface area contributed by atoms with E-state index in [2.05, 4.69) is 31.1 Å². The maximum atomic E-state index is 4.07. The van der Waals surface area contributed by atoms with Crippen LogP contribution in [-0.2, 0) is 0 Å². The minimum absolute atomic E-state index is 0.919. The fourth-order valence-electron chi connectivity index (χ4n) is 1.93. The highest BCUT2D eigenvalue weighted by molar-refractivity contribution is 5.22. The molecule has 0 unspecified atom stereocenters. The molecule has 0 amide bonds. The van der Waals surface area contributed by atoms with Crippen LogP contribution in [0.25, 0.3) is 0 Å². The lowest BCUT2D eigenvalue weighted by atomic mass is 9.99. The van der Waals surface area contributed by atoms with Gasteiger partial charge in [0.25, 0.3) is 0 Å². The minimum Gasteiger partial charge on any atom is -0.303 e. The molecule has 16 heavy (non-hydrogen) atoms. The quantitative estimate of drug-likeness (QED) is 0.636. The number of rotatable bonds is 5. The van der Waals surface area contributed by atoms with Crippen molar-refractivity contribution < 1.29 is 0 Å². The molecule has 0 aromatic carbocycles. The summed E-state index contributed by atoms with van der Waals surface area (Å²) in [5, 5.41) is 0. The van der Waals surface area contributed by atoms with Crippen LogP contribution in [0.4, 0.5) is 0 Å². The molecule has 1 heteroatoms. The van der Waals surface area contributed by atoms with E-state index >= 15 is 0 Å². The Morgan fingerprint density at radius 1 is 1.25 bits per heavy atom. The number of nitrogens with zero attached hydrogens (tertiary/aromatic N) is 1. The minimum atomic E-state index is 0.919. The highest BCUT2D eigenvalue weighted by Crippen LogP contribution is 2.16. The zero-order chi connectivity index (χ0) is 12.0. The summed E-state index contributed by atoms with van der Waals surface area (Å²) in [5.41, 5.74) is 2.30. The molecule has 1 nitrogen and oxygen atoms in total. The van der Waals surface area contributed by atoms with E-state index in [1.165, 1.54) is 31.5 Å². The third-order valence-corrected chi connectivity index (χ3v) is 3.23. The van der Waals surface area contributed by atoms with E-state index in [-0.39, 0.29) is 0 Å². The summed E-state index contributed by atoms with van der Waals surface area (Å²) in [6.45, 7) is 16.0. The predicted molar refractivity (Wildman–Crippen MR) is 72.5 cm³/mol. The lowest BCUT2D eigenvalue weighted by molar-refractivity contribution is 0.195. The van der Waals surface area contributed by atoms with E-state index in [0.717, 1.165) is 24.5 Å². The zero-order valence-corrected chi connectivity index (χ0v) is 10.8. The van der Waals surface area contributed by atoms with Crippen LogP contribution in [0.2, 0.25) is 0 Å². The molecule has 0 bridgehead atoms. The summed E-state index contributed by atoms with van der Waals surface area (Å²) < 4.78 is 0. The molecule has 1 saturated heterocycles. The van der Waals surface area contributed by atoms with E-state index in [9.17, 15) is 0 Å². The second-order valence-corrected chi connectivity index (χ2v) is 5.11. The highest BCUT2D eigenvalue weighted by atomic mass is 15.1. The normalized spacial score (nSPS) is 19.1. The van der Waals surface area contributed by atoms with Crippen molar-refractivity contribution in [3.63, 3.8) is 0 Å². The molecule has 0 aliphatic carbocycles. The van der Waals surface area contributed by atoms with Crippen molar-refractivity contribution in [3.05, 3.63) is 36.5 Å². The second-order valence-electron chi connectivity index (χ2n) is 5.11. The van der Waals surface area contributed by atoms with Gasteiger partial charge in [0.05, 0.1) is 0 Å². The number of hydrogen-bond acceptors (Lipinski definition) is 1. The van der Waals surface area contributed by atoms with Gasteiger partial charge in [-0.05, 0) is 45.2 Å². The van der Waals surface area contributed by atoms with Crippen LogP contribution in [-0.4, -0.2) is 24.5 Å². The first kappa shape index (κ1) is 13.2. The van der Waals surface area contributed by atoms with Crippen molar-refractivity contribution in [1.82, 2.24) is 4.90 Å². The molecule has 1 heterocycles. The maximum Gasteiger partial charge on any atom is 0.00216 e. The second kappa shape index (κ2) is 6.70. The smallest absolute Gasteiger partial charge is 0.00216 e. The van der Waals surface area contributed by atoms with Gasteiger partial charge < -0.3 is 4.90 Å². The number of piperidine rings is 1. The van der Waals surface area contributed by atoms with Gasteiger partial charge in [-0.15, -0.1) is 0 Å². The molecule has 0 aromatic heterocycles. The predicted octanol–water partition coefficient (Wildman–Crippen LogP) is 3.80. The van der Waals surface area contributed by atoms with E-state index in [4.69, 9.17) is 0 Å². The fraction of sp³-hybridized carbons (Fsp3) is 0.600. The van der Waals surface area contributed by atoms with Gasteiger partial charge in [0.1, 0.15) is 0 Å². The van der Waals surface area contributed by atoms with Gasteiger partial charge in [-0.1, -0.05) is 43.4 Å². The molecule has 1 aliphatic rings. The Morgan fingerprint density at radius 3 is 2.44 bits per heavy atom. The van der Waals surface area contributed by atoms with E-state index in [0.29, 0.717) is 0 Å². The van der Waals surface area contributed by atoms with Crippen LogP contribution in [0.3, 0.4) is 0 Å². The van der Waals surface area contributed by atoms with Crippen molar-refractivity contribution in [1.29, 1.82) is 0 Å². The molecule has 0 saturated carbocycles. The van der Waals surface area contributed by atoms with Crippen LogP contribution >= 0.6 is 0 Å². The van der Waals surface area contributed by atoms with Gasteiger partial charge in [0, 0.05) is 6.54 Å². The van der Waals surface area contributed by atoms with Crippen LogP contribution in [0.15, 0.2) is 36.5 Å². The molecule has 0 atom stereocenters. The largest absolute Gasteiger partial charge is 0.303 e. The van der Waals surface area contributed by atoms with Gasteiger partial charge in [-0.25, -0.2) is 0 Å². The molecule has 1 rings (SSSR count). The summed E-state index contributed by atoms with van der Waals surface area (Å²) in [4.78, 5) is 2.56. The monoisotopic (exact) mass is 219 g/mol. The third-order valence-electron chi connectivity index (χ3n) is 3.23. The first-order chi connectivity index (χ1) is 7.58. The van der Waals surface area contributed by atoms with Crippen molar-refractivity contribution in [2.45, 2.75) is 33.1 Å². The fourth-order valence-corrected chi connectivity index (χ4v) is 1.93. The van der Waals surface area contributed by atoms with Gasteiger partial charge in [0.15, 0.2) is 0 Å². The summed E-state index contributed by atoms with van der Waals surface area (Å²) in [7, 11) is 0. The summed E-state index contributed by atoms with van der Waals surface area (Å²) in [6, 6.07) is 0. The molecule has 90 valence electrons. The summed E-state index contributed by atoms with van der Waals surface area (Å²) in [5.74, 6) is 0.919. The molecular weight excluding hydrogens is 194 g/mol. The van der Waals surface area contributed by atoms with Crippen LogP contribution in [0.5, 0.6) is 0 Å². The van der Waals surface area contributed by atoms with Gasteiger partial charge >= 0.3 is 0 Å². The van der Waals surface area contributed by atoms with Crippen molar-refractivity contribution in [2.24, 2.45) is 5.92 Å². The van der Waals surface area contributed by atoms with E-state index < -0.39 is 0 Å². The Balaban J connectivity index is 2.19. The first-order valence-corrected chi connectivity index (χ1v) is 6.31. The molecule has 1 aliphatic heterocycles. The molecule has 0 N–H and O–H groups in total. The van der Waals surface area contributed by atoms with Gasteiger partial charge in [-0.3, -0.25) is 0 Å². The number of likely N-dealkylation sites (tertiary alicyclic amines) is 1. The van der Waals surface area contributed by atoms with E-state index in [1.807, 2.05) is 13.0 Å². The molecule has 0 spiro atoms. The Morgan fingerprint density at radius 2 is 1.88 bits per heavy atom. The lowest BCUT2D eigenvalue weighted by Crippen LogP contribution is -2.33. The van der Waals surface area contributed by atoms with Gasteiger partial charge in [0.2, 0.25) is 0 Å². The Labute approximate surface area is 101 Å². The van der Waals surface area contributed by atoms with Crippen molar-refractivity contribution >= 4 is 0 Å². The molecule has 0 radical (unpaired) electrons. The summed E-state index contributed by atoms with van der Waals surface area (Å²) >= 11 is 0. The molecule has 1 fully saturated rings. The average molecular weight is 219 g/mol. The lowest BCUT2D eigenvalue weighted by Gasteiger charge is -2.30. The average Bonchev–Trinajstić information content (AvgIpc) is 2.25. The van der Waals surface area contributed by atoms with Gasteiger partial charge in [-0.2, -0.15) is 0 Å². The third kappa shape index (κ3) is 5.32. The Kier molecular flexibility index (Phi) is 5.54. The molecule has 0 aromatic rings. The van der Waals surface area contributed by atoms with E-state index in [1.54, 1.807) is 0 Å². The highest BCUT2D eigenvalue weighted by Gasteiger charge is 2.14.